The first-order valence-corrected chi connectivity index (χ1v) is 12.3. The van der Waals surface area contributed by atoms with Gasteiger partial charge in [0.15, 0.2) is 0 Å². The number of nitrogens with one attached hydrogen (secondary N) is 2. The number of nitrogens with zero attached hydrogens (tertiary/aromatic N) is 2. The van der Waals surface area contributed by atoms with Crippen LogP contribution < -0.4 is 5.32 Å². The molecule has 5 rings (SSSR count). The first kappa shape index (κ1) is 22.1. The Morgan fingerprint density at radius 1 is 1.15 bits per heavy atom. The Morgan fingerprint density at radius 3 is 2.70 bits per heavy atom. The molecule has 3 N–H and O–H groups in total. The van der Waals surface area contributed by atoms with Gasteiger partial charge in [0.2, 0.25) is 0 Å². The summed E-state index contributed by atoms with van der Waals surface area (Å²) in [5, 5.41) is 14.2. The zero-order chi connectivity index (χ0) is 22.8. The van der Waals surface area contributed by atoms with Gasteiger partial charge in [0.05, 0.1) is 17.1 Å². The fraction of sp³-hybridized carbons (Fsp3) is 0.481. The minimum absolute atomic E-state index is 0.0691. The highest BCUT2D eigenvalue weighted by molar-refractivity contribution is 5.97. The molecule has 1 aliphatic heterocycles. The number of aryl methyl sites for hydroxylation is 1. The normalized spacial score (nSPS) is 26.4. The van der Waals surface area contributed by atoms with Gasteiger partial charge in [-0.15, -0.1) is 0 Å². The molecule has 2 aromatic carbocycles. The number of aromatic nitrogens is 2. The average molecular weight is 447 g/mol. The number of carbonyl (C=O) groups excluding carboxylic acids is 1. The van der Waals surface area contributed by atoms with Gasteiger partial charge in [0.25, 0.3) is 5.91 Å². The van der Waals surface area contributed by atoms with Crippen LogP contribution in [0.5, 0.6) is 0 Å². The van der Waals surface area contributed by atoms with E-state index in [-0.39, 0.29) is 23.5 Å². The van der Waals surface area contributed by atoms with Gasteiger partial charge in [0, 0.05) is 23.6 Å². The van der Waals surface area contributed by atoms with E-state index in [1.54, 1.807) is 0 Å². The molecule has 3 aromatic rings. The number of amides is 1. The molecule has 0 bridgehead atoms. The van der Waals surface area contributed by atoms with Crippen LogP contribution in [0.1, 0.15) is 60.3 Å². The molecule has 33 heavy (non-hydrogen) atoms. The van der Waals surface area contributed by atoms with Crippen molar-refractivity contribution >= 4 is 16.9 Å². The minimum atomic E-state index is -0.310. The second kappa shape index (κ2) is 9.27. The van der Waals surface area contributed by atoms with Crippen LogP contribution in [-0.4, -0.2) is 57.7 Å². The third-order valence-corrected chi connectivity index (χ3v) is 7.73. The van der Waals surface area contributed by atoms with Gasteiger partial charge >= 0.3 is 0 Å². The Morgan fingerprint density at radius 2 is 1.91 bits per heavy atom. The van der Waals surface area contributed by atoms with Crippen molar-refractivity contribution in [2.75, 3.05) is 19.6 Å². The molecular weight excluding hydrogens is 412 g/mol. The molecule has 1 saturated carbocycles. The summed E-state index contributed by atoms with van der Waals surface area (Å²) in [4.78, 5) is 23.2. The van der Waals surface area contributed by atoms with Crippen molar-refractivity contribution in [3.8, 4) is 0 Å². The van der Waals surface area contributed by atoms with E-state index < -0.39 is 0 Å². The summed E-state index contributed by atoms with van der Waals surface area (Å²) in [6.45, 7) is 4.66. The fourth-order valence-electron chi connectivity index (χ4n) is 5.85. The van der Waals surface area contributed by atoms with E-state index in [0.29, 0.717) is 12.1 Å². The SMILES string of the molecule is Cc1nc2ccc(C(=O)NC[C@@]3(c4ccccc4)CC[C@H](O)[C@@H](N4CCCC4)CC3)cc2[nH]1. The van der Waals surface area contributed by atoms with Crippen LogP contribution >= 0.6 is 0 Å². The summed E-state index contributed by atoms with van der Waals surface area (Å²) in [5.41, 5.74) is 3.46. The molecule has 2 heterocycles. The Hall–Kier alpha value is -2.70. The lowest BCUT2D eigenvalue weighted by molar-refractivity contribution is 0.0569. The summed E-state index contributed by atoms with van der Waals surface area (Å²) < 4.78 is 0. The number of aliphatic hydroxyl groups is 1. The topological polar surface area (TPSA) is 81.2 Å². The number of H-pyrrole nitrogens is 1. The van der Waals surface area contributed by atoms with E-state index in [9.17, 15) is 9.90 Å². The van der Waals surface area contributed by atoms with Crippen molar-refractivity contribution in [2.24, 2.45) is 0 Å². The van der Waals surface area contributed by atoms with Crippen molar-refractivity contribution in [1.82, 2.24) is 20.2 Å². The fourth-order valence-corrected chi connectivity index (χ4v) is 5.85. The second-order valence-electron chi connectivity index (χ2n) is 9.84. The van der Waals surface area contributed by atoms with Crippen molar-refractivity contribution < 1.29 is 9.90 Å². The summed E-state index contributed by atoms with van der Waals surface area (Å²) >= 11 is 0. The van der Waals surface area contributed by atoms with Crippen LogP contribution in [0.2, 0.25) is 0 Å². The molecule has 0 unspecified atom stereocenters. The summed E-state index contributed by atoms with van der Waals surface area (Å²) in [6, 6.07) is 16.4. The molecule has 3 atom stereocenters. The lowest BCUT2D eigenvalue weighted by Crippen LogP contribution is -2.42. The van der Waals surface area contributed by atoms with Gasteiger partial charge in [0.1, 0.15) is 5.82 Å². The largest absolute Gasteiger partial charge is 0.391 e. The Kier molecular flexibility index (Phi) is 6.21. The van der Waals surface area contributed by atoms with Gasteiger partial charge in [-0.1, -0.05) is 30.3 Å². The molecule has 2 aliphatic rings. The number of imidazole rings is 1. The third-order valence-electron chi connectivity index (χ3n) is 7.73. The van der Waals surface area contributed by atoms with Crippen molar-refractivity contribution in [1.29, 1.82) is 0 Å². The number of carbonyl (C=O) groups is 1. The predicted octanol–water partition coefficient (Wildman–Crippen LogP) is 3.94. The second-order valence-corrected chi connectivity index (χ2v) is 9.84. The Labute approximate surface area is 195 Å². The zero-order valence-electron chi connectivity index (χ0n) is 19.4. The van der Waals surface area contributed by atoms with Crippen LogP contribution in [0.3, 0.4) is 0 Å². The number of fused-ring (bicyclic) bond motifs is 1. The number of rotatable bonds is 5. The number of hydrogen-bond acceptors (Lipinski definition) is 4. The summed E-state index contributed by atoms with van der Waals surface area (Å²) in [6.07, 6.45) is 5.66. The first-order chi connectivity index (χ1) is 16.0. The van der Waals surface area contributed by atoms with Gasteiger partial charge in [-0.25, -0.2) is 4.98 Å². The van der Waals surface area contributed by atoms with Crippen LogP contribution in [0.15, 0.2) is 48.5 Å². The molecule has 0 radical (unpaired) electrons. The minimum Gasteiger partial charge on any atom is -0.391 e. The molecular formula is C27H34N4O2. The van der Waals surface area contributed by atoms with Gasteiger partial charge in [-0.05, 0) is 82.3 Å². The molecule has 0 spiro atoms. The van der Waals surface area contributed by atoms with E-state index in [4.69, 9.17) is 0 Å². The zero-order valence-corrected chi connectivity index (χ0v) is 19.4. The highest BCUT2D eigenvalue weighted by atomic mass is 16.3. The lowest BCUT2D eigenvalue weighted by Gasteiger charge is -2.34. The van der Waals surface area contributed by atoms with Crippen LogP contribution in [0, 0.1) is 6.92 Å². The van der Waals surface area contributed by atoms with E-state index in [1.807, 2.05) is 31.2 Å². The molecule has 1 saturated heterocycles. The van der Waals surface area contributed by atoms with Crippen LogP contribution in [0.25, 0.3) is 11.0 Å². The standard InChI is InChI=1S/C27H34N4O2/c1-19-29-22-10-9-20(17-23(22)30-19)26(33)28-18-27(21-7-3-2-4-8-21)13-11-24(25(32)12-14-27)31-15-5-6-16-31/h2-4,7-10,17,24-25,32H,5-6,11-16,18H2,1H3,(H,28,33)(H,29,30)/t24-,25-,27-/m0/s1. The molecule has 1 aliphatic carbocycles. The Bertz CT molecular complexity index is 1110. The number of likely N-dealkylation sites (tertiary alicyclic amines) is 1. The molecule has 1 amide bonds. The summed E-state index contributed by atoms with van der Waals surface area (Å²) in [7, 11) is 0. The maximum Gasteiger partial charge on any atom is 0.251 e. The van der Waals surface area contributed by atoms with Crippen molar-refractivity contribution in [3.05, 3.63) is 65.5 Å². The maximum absolute atomic E-state index is 13.1. The monoisotopic (exact) mass is 446 g/mol. The van der Waals surface area contributed by atoms with Gasteiger partial charge in [-0.2, -0.15) is 0 Å². The number of aromatic amines is 1. The summed E-state index contributed by atoms with van der Waals surface area (Å²) in [5.74, 6) is 0.774. The third kappa shape index (κ3) is 4.55. The molecule has 1 aromatic heterocycles. The number of aliphatic hydroxyl groups excluding tert-OH is 1. The van der Waals surface area contributed by atoms with E-state index >= 15 is 0 Å². The first-order valence-electron chi connectivity index (χ1n) is 12.3. The predicted molar refractivity (Wildman–Crippen MR) is 130 cm³/mol. The van der Waals surface area contributed by atoms with Gasteiger partial charge in [-0.3, -0.25) is 9.69 Å². The van der Waals surface area contributed by atoms with Crippen molar-refractivity contribution in [3.63, 3.8) is 0 Å². The lowest BCUT2D eigenvalue weighted by atomic mass is 9.74. The molecule has 2 fully saturated rings. The number of hydrogen-bond donors (Lipinski definition) is 3. The van der Waals surface area contributed by atoms with Gasteiger partial charge < -0.3 is 15.4 Å². The molecule has 6 nitrogen and oxygen atoms in total. The smallest absolute Gasteiger partial charge is 0.251 e. The average Bonchev–Trinajstić information content (AvgIpc) is 3.46. The highest BCUT2D eigenvalue weighted by Gasteiger charge is 2.40. The van der Waals surface area contributed by atoms with E-state index in [1.165, 1.54) is 18.4 Å². The van der Waals surface area contributed by atoms with Crippen LogP contribution in [0.4, 0.5) is 0 Å². The highest BCUT2D eigenvalue weighted by Crippen LogP contribution is 2.40. The van der Waals surface area contributed by atoms with E-state index in [0.717, 1.165) is 55.6 Å². The van der Waals surface area contributed by atoms with Crippen molar-refractivity contribution in [2.45, 2.75) is 63.0 Å². The Balaban J connectivity index is 1.36. The number of benzene rings is 2. The van der Waals surface area contributed by atoms with Crippen LogP contribution in [-0.2, 0) is 5.41 Å². The maximum atomic E-state index is 13.1. The molecule has 174 valence electrons. The molecule has 6 heteroatoms. The van der Waals surface area contributed by atoms with E-state index in [2.05, 4.69) is 44.5 Å². The quantitative estimate of drug-likeness (QED) is 0.519.